The second-order valence-electron chi connectivity index (χ2n) is 5.94. The van der Waals surface area contributed by atoms with E-state index in [0.717, 1.165) is 12.1 Å². The predicted octanol–water partition coefficient (Wildman–Crippen LogP) is 0.630. The number of benzene rings is 1. The van der Waals surface area contributed by atoms with E-state index in [2.05, 4.69) is 0 Å². The summed E-state index contributed by atoms with van der Waals surface area (Å²) in [6.07, 6.45) is -0.923. The Labute approximate surface area is 141 Å². The van der Waals surface area contributed by atoms with E-state index in [1.807, 2.05) is 0 Å². The van der Waals surface area contributed by atoms with E-state index in [9.17, 15) is 23.2 Å². The van der Waals surface area contributed by atoms with E-state index in [1.165, 1.54) is 9.80 Å². The first-order chi connectivity index (χ1) is 11.9. The van der Waals surface area contributed by atoms with Crippen LogP contribution >= 0.6 is 0 Å². The molecule has 2 amide bonds. The Kier molecular flexibility index (Phi) is 4.67. The molecule has 9 heteroatoms. The summed E-state index contributed by atoms with van der Waals surface area (Å²) in [6, 6.07) is 2.76. The lowest BCUT2D eigenvalue weighted by atomic mass is 10.1. The lowest BCUT2D eigenvalue weighted by Gasteiger charge is -2.32. The summed E-state index contributed by atoms with van der Waals surface area (Å²) < 4.78 is 31.8. The van der Waals surface area contributed by atoms with Gasteiger partial charge in [-0.05, 0) is 18.6 Å². The quantitative estimate of drug-likeness (QED) is 0.805. The van der Waals surface area contributed by atoms with Crippen LogP contribution in [0.4, 0.5) is 14.5 Å². The predicted molar refractivity (Wildman–Crippen MR) is 80.8 cm³/mol. The van der Waals surface area contributed by atoms with Crippen LogP contribution in [0.3, 0.4) is 0 Å². The van der Waals surface area contributed by atoms with Crippen LogP contribution in [-0.2, 0) is 19.1 Å². The number of halogens is 2. The number of aliphatic carboxylic acids is 1. The van der Waals surface area contributed by atoms with Gasteiger partial charge in [-0.25, -0.2) is 13.6 Å². The number of morpholine rings is 1. The van der Waals surface area contributed by atoms with Crippen LogP contribution < -0.4 is 4.90 Å². The summed E-state index contributed by atoms with van der Waals surface area (Å²) in [4.78, 5) is 38.5. The molecule has 3 rings (SSSR count). The number of ether oxygens (including phenoxy) is 1. The number of carboxylic acids is 1. The third-order valence-electron chi connectivity index (χ3n) is 4.32. The summed E-state index contributed by atoms with van der Waals surface area (Å²) in [6.45, 7) is 0.292. The fraction of sp³-hybridized carbons (Fsp3) is 0.438. The third kappa shape index (κ3) is 3.46. The first-order valence-electron chi connectivity index (χ1n) is 7.77. The van der Waals surface area contributed by atoms with Gasteiger partial charge in [0.25, 0.3) is 0 Å². The van der Waals surface area contributed by atoms with Gasteiger partial charge in [-0.3, -0.25) is 9.59 Å². The van der Waals surface area contributed by atoms with Crippen LogP contribution in [0.25, 0.3) is 0 Å². The van der Waals surface area contributed by atoms with Crippen LogP contribution in [0.5, 0.6) is 0 Å². The third-order valence-corrected chi connectivity index (χ3v) is 4.32. The van der Waals surface area contributed by atoms with Gasteiger partial charge < -0.3 is 19.6 Å². The Morgan fingerprint density at radius 1 is 1.16 bits per heavy atom. The van der Waals surface area contributed by atoms with Crippen molar-refractivity contribution in [1.82, 2.24) is 4.90 Å². The van der Waals surface area contributed by atoms with E-state index < -0.39 is 41.4 Å². The van der Waals surface area contributed by atoms with Gasteiger partial charge in [0.2, 0.25) is 11.8 Å². The molecule has 0 aliphatic carbocycles. The zero-order valence-electron chi connectivity index (χ0n) is 13.2. The Bertz CT molecular complexity index is 706. The Balaban J connectivity index is 1.73. The zero-order chi connectivity index (χ0) is 18.1. The van der Waals surface area contributed by atoms with Gasteiger partial charge in [0.1, 0.15) is 17.6 Å². The lowest BCUT2D eigenvalue weighted by molar-refractivity contribution is -0.160. The summed E-state index contributed by atoms with van der Waals surface area (Å²) in [5.41, 5.74) is 0.0585. The molecule has 2 atom stereocenters. The first-order valence-corrected chi connectivity index (χ1v) is 7.77. The molecule has 2 heterocycles. The van der Waals surface area contributed by atoms with E-state index in [-0.39, 0.29) is 38.3 Å². The zero-order valence-corrected chi connectivity index (χ0v) is 13.2. The minimum absolute atomic E-state index is 0.0585. The molecule has 0 radical (unpaired) electrons. The number of nitrogens with zero attached hydrogens (tertiary/aromatic N) is 2. The maximum absolute atomic E-state index is 13.4. The van der Waals surface area contributed by atoms with E-state index >= 15 is 0 Å². The van der Waals surface area contributed by atoms with Crippen LogP contribution in [0.15, 0.2) is 18.2 Å². The highest BCUT2D eigenvalue weighted by molar-refractivity contribution is 6.09. The van der Waals surface area contributed by atoms with Crippen molar-refractivity contribution in [3.05, 3.63) is 29.8 Å². The number of carbonyl (C=O) groups is 3. The molecule has 1 N–H and O–H groups in total. The van der Waals surface area contributed by atoms with Crippen LogP contribution in [-0.4, -0.2) is 60.1 Å². The monoisotopic (exact) mass is 354 g/mol. The van der Waals surface area contributed by atoms with Crippen LogP contribution in [0, 0.1) is 17.6 Å². The number of anilines is 1. The minimum Gasteiger partial charge on any atom is -0.479 e. The second kappa shape index (κ2) is 6.75. The van der Waals surface area contributed by atoms with Gasteiger partial charge >= 0.3 is 5.97 Å². The summed E-state index contributed by atoms with van der Waals surface area (Å²) in [5, 5.41) is 8.99. The van der Waals surface area contributed by atoms with Gasteiger partial charge in [-0.15, -0.1) is 0 Å². The molecule has 2 aliphatic rings. The van der Waals surface area contributed by atoms with Crippen molar-refractivity contribution in [1.29, 1.82) is 0 Å². The molecule has 0 bridgehead atoms. The highest BCUT2D eigenvalue weighted by Gasteiger charge is 2.41. The average molecular weight is 354 g/mol. The van der Waals surface area contributed by atoms with Crippen molar-refractivity contribution in [2.75, 3.05) is 31.1 Å². The molecular formula is C16H16F2N2O5. The molecule has 1 aromatic carbocycles. The summed E-state index contributed by atoms with van der Waals surface area (Å²) in [7, 11) is 0. The Hall–Kier alpha value is -2.55. The van der Waals surface area contributed by atoms with Crippen molar-refractivity contribution < 1.29 is 33.0 Å². The molecule has 25 heavy (non-hydrogen) atoms. The van der Waals surface area contributed by atoms with Crippen molar-refractivity contribution in [2.45, 2.75) is 12.5 Å². The average Bonchev–Trinajstić information content (AvgIpc) is 2.95. The lowest BCUT2D eigenvalue weighted by Crippen LogP contribution is -2.51. The molecule has 0 aromatic heterocycles. The number of hydrogen-bond donors (Lipinski definition) is 1. The molecule has 2 aliphatic heterocycles. The van der Waals surface area contributed by atoms with Gasteiger partial charge in [0, 0.05) is 24.8 Å². The van der Waals surface area contributed by atoms with Crippen molar-refractivity contribution >= 4 is 23.5 Å². The van der Waals surface area contributed by atoms with E-state index in [1.54, 1.807) is 0 Å². The van der Waals surface area contributed by atoms with E-state index in [4.69, 9.17) is 9.84 Å². The standard InChI is InChI=1S/C16H16F2N2O5/c17-9-5-10(18)7-11(6-9)20-2-1-12(15(20)22)14(21)19-3-4-25-13(8-19)16(23)24/h5-7,12-13H,1-4,8H2,(H,23,24)/t12-,13+/m1/s1. The largest absolute Gasteiger partial charge is 0.479 e. The molecule has 0 spiro atoms. The number of carbonyl (C=O) groups excluding carboxylic acids is 2. The molecular weight excluding hydrogens is 338 g/mol. The van der Waals surface area contributed by atoms with Crippen molar-refractivity contribution in [3.8, 4) is 0 Å². The Morgan fingerprint density at radius 3 is 2.48 bits per heavy atom. The molecule has 0 unspecified atom stereocenters. The summed E-state index contributed by atoms with van der Waals surface area (Å²) >= 11 is 0. The topological polar surface area (TPSA) is 87.2 Å². The molecule has 2 fully saturated rings. The first kappa shape index (κ1) is 17.3. The highest BCUT2D eigenvalue weighted by atomic mass is 19.1. The van der Waals surface area contributed by atoms with Gasteiger partial charge in [0.15, 0.2) is 6.10 Å². The van der Waals surface area contributed by atoms with Crippen molar-refractivity contribution in [3.63, 3.8) is 0 Å². The highest BCUT2D eigenvalue weighted by Crippen LogP contribution is 2.28. The number of carboxylic acid groups (broad SMARTS) is 1. The molecule has 0 saturated carbocycles. The fourth-order valence-corrected chi connectivity index (χ4v) is 3.08. The second-order valence-corrected chi connectivity index (χ2v) is 5.94. The smallest absolute Gasteiger partial charge is 0.334 e. The number of rotatable bonds is 3. The van der Waals surface area contributed by atoms with Gasteiger partial charge in [-0.1, -0.05) is 0 Å². The fourth-order valence-electron chi connectivity index (χ4n) is 3.08. The minimum atomic E-state index is -1.17. The normalized spacial score (nSPS) is 23.8. The molecule has 2 saturated heterocycles. The van der Waals surface area contributed by atoms with E-state index in [0.29, 0.717) is 6.07 Å². The molecule has 134 valence electrons. The van der Waals surface area contributed by atoms with Gasteiger partial charge in [0.05, 0.1) is 13.2 Å². The summed E-state index contributed by atoms with van der Waals surface area (Å²) in [5.74, 6) is -4.82. The van der Waals surface area contributed by atoms with Crippen molar-refractivity contribution in [2.24, 2.45) is 5.92 Å². The van der Waals surface area contributed by atoms with Crippen LogP contribution in [0.2, 0.25) is 0 Å². The Morgan fingerprint density at radius 2 is 1.84 bits per heavy atom. The van der Waals surface area contributed by atoms with Gasteiger partial charge in [-0.2, -0.15) is 0 Å². The molecule has 1 aromatic rings. The molecule has 7 nitrogen and oxygen atoms in total. The van der Waals surface area contributed by atoms with Crippen LogP contribution in [0.1, 0.15) is 6.42 Å². The maximum Gasteiger partial charge on any atom is 0.334 e. The number of hydrogen-bond acceptors (Lipinski definition) is 4. The maximum atomic E-state index is 13.4. The SMILES string of the molecule is O=C(O)[C@@H]1CN(C(=O)[C@H]2CCN(c3cc(F)cc(F)c3)C2=O)CCO1. The number of amides is 2.